The maximum atomic E-state index is 13.4. The fraction of sp³-hybridized carbons (Fsp3) is 0.381. The largest absolute Gasteiger partial charge is 0.392 e. The maximum Gasteiger partial charge on any atom is 0.243 e. The number of benzene rings is 2. The van der Waals surface area contributed by atoms with E-state index in [2.05, 4.69) is 5.32 Å². The van der Waals surface area contributed by atoms with Crippen molar-refractivity contribution in [3.63, 3.8) is 0 Å². The Morgan fingerprint density at radius 3 is 2.32 bits per heavy atom. The Balaban J connectivity index is 1.90. The summed E-state index contributed by atoms with van der Waals surface area (Å²) in [5.41, 5.74) is 0.921. The van der Waals surface area contributed by atoms with Crippen LogP contribution in [0, 0.1) is 5.92 Å². The second-order valence-corrected chi connectivity index (χ2v) is 9.07. The summed E-state index contributed by atoms with van der Waals surface area (Å²) in [5, 5.41) is 12.1. The Morgan fingerprint density at radius 1 is 1.11 bits per heavy atom. The first-order valence-corrected chi connectivity index (χ1v) is 10.9. The van der Waals surface area contributed by atoms with Gasteiger partial charge in [-0.2, -0.15) is 4.31 Å². The van der Waals surface area contributed by atoms with Gasteiger partial charge in [-0.3, -0.25) is 4.79 Å². The average Bonchev–Trinajstić information content (AvgIpc) is 2.72. The van der Waals surface area contributed by atoms with E-state index >= 15 is 0 Å². The van der Waals surface area contributed by atoms with Crippen LogP contribution in [0.15, 0.2) is 65.6 Å². The molecule has 2 N–H and O–H groups in total. The van der Waals surface area contributed by atoms with E-state index in [0.29, 0.717) is 12.8 Å². The van der Waals surface area contributed by atoms with Crippen LogP contribution in [0.5, 0.6) is 0 Å². The summed E-state index contributed by atoms with van der Waals surface area (Å²) in [4.78, 5) is 12.7. The van der Waals surface area contributed by atoms with Crippen molar-refractivity contribution in [3.05, 3.63) is 66.2 Å². The van der Waals surface area contributed by atoms with Crippen molar-refractivity contribution >= 4 is 15.9 Å². The van der Waals surface area contributed by atoms with Crippen LogP contribution in [-0.2, 0) is 14.8 Å². The normalized spacial score (nSPS) is 21.8. The number of rotatable bonds is 6. The summed E-state index contributed by atoms with van der Waals surface area (Å²) < 4.78 is 28.2. The molecule has 28 heavy (non-hydrogen) atoms. The molecular weight excluding hydrogens is 376 g/mol. The Hall–Kier alpha value is -2.22. The lowest BCUT2D eigenvalue weighted by Gasteiger charge is -2.38. The van der Waals surface area contributed by atoms with E-state index < -0.39 is 22.0 Å². The molecular formula is C21H26N2O4S. The minimum absolute atomic E-state index is 0.114. The minimum Gasteiger partial charge on any atom is -0.392 e. The van der Waals surface area contributed by atoms with Crippen molar-refractivity contribution in [2.45, 2.75) is 36.8 Å². The van der Waals surface area contributed by atoms with E-state index in [9.17, 15) is 18.3 Å². The van der Waals surface area contributed by atoms with Crippen molar-refractivity contribution in [1.29, 1.82) is 0 Å². The van der Waals surface area contributed by atoms with Crippen molar-refractivity contribution in [2.75, 3.05) is 13.1 Å². The number of amides is 1. The number of carbonyl (C=O) groups is 1. The standard InChI is InChI=1S/C21H26N2O4S/c1-16(24)14-22-21(25)18-12-13-20(17-8-4-2-5-9-17)23(15-18)28(26,27)19-10-6-3-7-11-19/h2-11,16,18,20,24H,12-15H2,1H3,(H,22,25). The molecule has 0 spiro atoms. The Labute approximate surface area is 166 Å². The van der Waals surface area contributed by atoms with Gasteiger partial charge >= 0.3 is 0 Å². The van der Waals surface area contributed by atoms with Crippen LogP contribution in [0.2, 0.25) is 0 Å². The van der Waals surface area contributed by atoms with Crippen LogP contribution < -0.4 is 5.32 Å². The molecule has 1 amide bonds. The Kier molecular flexibility index (Phi) is 6.49. The molecule has 0 radical (unpaired) electrons. The molecule has 1 fully saturated rings. The van der Waals surface area contributed by atoms with Gasteiger partial charge in [0.1, 0.15) is 0 Å². The van der Waals surface area contributed by atoms with Gasteiger partial charge in [0.25, 0.3) is 0 Å². The highest BCUT2D eigenvalue weighted by Crippen LogP contribution is 2.37. The van der Waals surface area contributed by atoms with Gasteiger partial charge in [0.05, 0.1) is 23.0 Å². The number of nitrogens with zero attached hydrogens (tertiary/aromatic N) is 1. The molecule has 0 saturated carbocycles. The summed E-state index contributed by atoms with van der Waals surface area (Å²) in [7, 11) is -3.75. The highest BCUT2D eigenvalue weighted by molar-refractivity contribution is 7.89. The van der Waals surface area contributed by atoms with Gasteiger partial charge in [-0.15, -0.1) is 0 Å². The molecule has 1 aliphatic heterocycles. The highest BCUT2D eigenvalue weighted by atomic mass is 32.2. The third-order valence-electron chi connectivity index (χ3n) is 5.01. The van der Waals surface area contributed by atoms with Crippen molar-refractivity contribution < 1.29 is 18.3 Å². The van der Waals surface area contributed by atoms with Crippen LogP contribution in [0.4, 0.5) is 0 Å². The number of piperidine rings is 1. The molecule has 1 aliphatic rings. The fourth-order valence-electron chi connectivity index (χ4n) is 3.55. The van der Waals surface area contributed by atoms with Gasteiger partial charge in [0.2, 0.25) is 15.9 Å². The molecule has 1 saturated heterocycles. The first-order chi connectivity index (χ1) is 13.4. The Bertz CT molecular complexity index is 885. The average molecular weight is 403 g/mol. The molecule has 6 nitrogen and oxygen atoms in total. The van der Waals surface area contributed by atoms with E-state index in [1.807, 2.05) is 30.3 Å². The first kappa shape index (κ1) is 20.5. The number of hydrogen-bond acceptors (Lipinski definition) is 4. The SMILES string of the molecule is CC(O)CNC(=O)C1CCC(c2ccccc2)N(S(=O)(=O)c2ccccc2)C1. The maximum absolute atomic E-state index is 13.4. The number of aliphatic hydroxyl groups is 1. The van der Waals surface area contributed by atoms with Gasteiger partial charge in [-0.05, 0) is 37.5 Å². The summed E-state index contributed by atoms with van der Waals surface area (Å²) in [6, 6.07) is 17.5. The van der Waals surface area contributed by atoms with Crippen LogP contribution in [-0.4, -0.2) is 42.9 Å². The summed E-state index contributed by atoms with van der Waals surface area (Å²) in [6.07, 6.45) is 0.503. The van der Waals surface area contributed by atoms with Gasteiger partial charge in [-0.25, -0.2) is 8.42 Å². The van der Waals surface area contributed by atoms with Crippen LogP contribution in [0.1, 0.15) is 31.4 Å². The minimum atomic E-state index is -3.75. The molecule has 0 aromatic heterocycles. The lowest BCUT2D eigenvalue weighted by molar-refractivity contribution is -0.126. The second-order valence-electron chi connectivity index (χ2n) is 7.18. The van der Waals surface area contributed by atoms with E-state index in [4.69, 9.17) is 0 Å². The predicted octanol–water partition coefficient (Wildman–Crippen LogP) is 2.33. The smallest absolute Gasteiger partial charge is 0.243 e. The zero-order valence-corrected chi connectivity index (χ0v) is 16.7. The topological polar surface area (TPSA) is 86.7 Å². The number of aliphatic hydroxyl groups excluding tert-OH is 1. The zero-order valence-electron chi connectivity index (χ0n) is 15.9. The van der Waals surface area contributed by atoms with E-state index in [0.717, 1.165) is 5.56 Å². The monoisotopic (exact) mass is 402 g/mol. The quantitative estimate of drug-likeness (QED) is 0.776. The predicted molar refractivity (Wildman–Crippen MR) is 107 cm³/mol. The van der Waals surface area contributed by atoms with Gasteiger partial charge in [0.15, 0.2) is 0 Å². The molecule has 2 aromatic rings. The number of carbonyl (C=O) groups excluding carboxylic acids is 1. The van der Waals surface area contributed by atoms with Crippen molar-refractivity contribution in [1.82, 2.24) is 9.62 Å². The third-order valence-corrected chi connectivity index (χ3v) is 6.90. The molecule has 3 rings (SSSR count). The van der Waals surface area contributed by atoms with Crippen LogP contribution in [0.25, 0.3) is 0 Å². The van der Waals surface area contributed by atoms with Gasteiger partial charge in [-0.1, -0.05) is 48.5 Å². The zero-order chi connectivity index (χ0) is 20.1. The number of nitrogens with one attached hydrogen (secondary N) is 1. The molecule has 1 heterocycles. The molecule has 3 atom stereocenters. The first-order valence-electron chi connectivity index (χ1n) is 9.47. The highest BCUT2D eigenvalue weighted by Gasteiger charge is 2.39. The summed E-state index contributed by atoms with van der Waals surface area (Å²) in [5.74, 6) is -0.669. The molecule has 2 aromatic carbocycles. The third kappa shape index (κ3) is 4.60. The van der Waals surface area contributed by atoms with Gasteiger partial charge in [0, 0.05) is 13.1 Å². The number of sulfonamides is 1. The number of hydrogen-bond donors (Lipinski definition) is 2. The molecule has 150 valence electrons. The molecule has 3 unspecified atom stereocenters. The molecule has 0 aliphatic carbocycles. The summed E-state index contributed by atoms with van der Waals surface area (Å²) >= 11 is 0. The lowest BCUT2D eigenvalue weighted by Crippen LogP contribution is -2.47. The van der Waals surface area contributed by atoms with Gasteiger partial charge < -0.3 is 10.4 Å². The Morgan fingerprint density at radius 2 is 1.71 bits per heavy atom. The fourth-order valence-corrected chi connectivity index (χ4v) is 5.26. The summed E-state index contributed by atoms with van der Waals surface area (Å²) in [6.45, 7) is 1.87. The lowest BCUT2D eigenvalue weighted by atomic mass is 9.90. The van der Waals surface area contributed by atoms with E-state index in [1.54, 1.807) is 37.3 Å². The molecule has 7 heteroatoms. The molecule has 0 bridgehead atoms. The van der Waals surface area contributed by atoms with E-state index in [1.165, 1.54) is 4.31 Å². The van der Waals surface area contributed by atoms with Crippen LogP contribution in [0.3, 0.4) is 0 Å². The second kappa shape index (κ2) is 8.86. The van der Waals surface area contributed by atoms with Crippen molar-refractivity contribution in [3.8, 4) is 0 Å². The van der Waals surface area contributed by atoms with E-state index in [-0.39, 0.29) is 29.9 Å². The van der Waals surface area contributed by atoms with Crippen molar-refractivity contribution in [2.24, 2.45) is 5.92 Å². The van der Waals surface area contributed by atoms with Crippen LogP contribution >= 0.6 is 0 Å².